The molecule has 3 aromatic rings. The zero-order valence-electron chi connectivity index (χ0n) is 17.0. The molecule has 0 radical (unpaired) electrons. The SMILES string of the molecule is COC(=O)C[C@H](C1=C(C)NC(OC)=NC1c1ccc2nonc2c1)c1ccccc1. The monoisotopic (exact) mass is 406 g/mol. The van der Waals surface area contributed by atoms with Gasteiger partial charge in [-0.2, -0.15) is 0 Å². The summed E-state index contributed by atoms with van der Waals surface area (Å²) in [4.78, 5) is 17.1. The number of allylic oxidation sites excluding steroid dienone is 1. The zero-order valence-corrected chi connectivity index (χ0v) is 17.0. The number of nitrogens with zero attached hydrogens (tertiary/aromatic N) is 3. The van der Waals surface area contributed by atoms with Gasteiger partial charge < -0.3 is 14.8 Å². The van der Waals surface area contributed by atoms with Crippen LogP contribution in [0, 0.1) is 0 Å². The van der Waals surface area contributed by atoms with Crippen molar-refractivity contribution in [3.05, 3.63) is 70.9 Å². The first-order chi connectivity index (χ1) is 14.6. The standard InChI is InChI=1S/C22H22N4O4/c1-13-20(16(12-19(27)28-2)14-7-5-4-6-8-14)21(24-22(23-13)29-3)15-9-10-17-18(11-15)26-30-25-17/h4-11,16,21H,12H2,1-3H3,(H,23,24)/t16-,21?/m0/s1. The molecule has 1 aliphatic rings. The molecule has 154 valence electrons. The Balaban J connectivity index is 1.84. The topological polar surface area (TPSA) is 98.8 Å². The molecule has 0 bridgehead atoms. The van der Waals surface area contributed by atoms with Crippen LogP contribution in [0.15, 0.2) is 69.4 Å². The van der Waals surface area contributed by atoms with Crippen LogP contribution in [-0.2, 0) is 14.3 Å². The molecule has 2 heterocycles. The summed E-state index contributed by atoms with van der Waals surface area (Å²) in [6.45, 7) is 1.96. The number of esters is 1. The van der Waals surface area contributed by atoms with E-state index < -0.39 is 0 Å². The fourth-order valence-electron chi connectivity index (χ4n) is 3.78. The number of hydrogen-bond donors (Lipinski definition) is 1. The quantitative estimate of drug-likeness (QED) is 0.648. The van der Waals surface area contributed by atoms with Crippen molar-refractivity contribution in [3.63, 3.8) is 0 Å². The molecule has 8 heteroatoms. The molecule has 1 N–H and O–H groups in total. The molecule has 1 aliphatic heterocycles. The van der Waals surface area contributed by atoms with Crippen LogP contribution in [0.5, 0.6) is 0 Å². The third kappa shape index (κ3) is 3.76. The molecule has 2 aromatic carbocycles. The number of benzene rings is 2. The molecule has 1 aromatic heterocycles. The summed E-state index contributed by atoms with van der Waals surface area (Å²) in [5, 5.41) is 11.0. The minimum Gasteiger partial charge on any atom is -0.469 e. The van der Waals surface area contributed by atoms with Crippen molar-refractivity contribution in [1.29, 1.82) is 0 Å². The van der Waals surface area contributed by atoms with E-state index in [1.165, 1.54) is 7.11 Å². The fourth-order valence-corrected chi connectivity index (χ4v) is 3.78. The summed E-state index contributed by atoms with van der Waals surface area (Å²) < 4.78 is 15.2. The molecule has 0 fully saturated rings. The van der Waals surface area contributed by atoms with Gasteiger partial charge in [0.1, 0.15) is 17.1 Å². The van der Waals surface area contributed by atoms with Crippen molar-refractivity contribution in [3.8, 4) is 0 Å². The molecule has 0 saturated heterocycles. The van der Waals surface area contributed by atoms with Crippen molar-refractivity contribution < 1.29 is 18.9 Å². The number of aromatic nitrogens is 2. The van der Waals surface area contributed by atoms with E-state index in [4.69, 9.17) is 19.1 Å². The van der Waals surface area contributed by atoms with Gasteiger partial charge in [0.25, 0.3) is 6.02 Å². The molecule has 4 rings (SSSR count). The minimum atomic E-state index is -0.378. The van der Waals surface area contributed by atoms with Gasteiger partial charge in [-0.1, -0.05) is 36.4 Å². The Morgan fingerprint density at radius 2 is 1.90 bits per heavy atom. The van der Waals surface area contributed by atoms with Gasteiger partial charge in [0.2, 0.25) is 0 Å². The molecule has 1 unspecified atom stereocenters. The number of fused-ring (bicyclic) bond motifs is 1. The number of hydrogen-bond acceptors (Lipinski definition) is 8. The van der Waals surface area contributed by atoms with Gasteiger partial charge in [-0.25, -0.2) is 9.62 Å². The van der Waals surface area contributed by atoms with E-state index in [2.05, 4.69) is 15.6 Å². The van der Waals surface area contributed by atoms with Crippen LogP contribution >= 0.6 is 0 Å². The highest BCUT2D eigenvalue weighted by atomic mass is 16.6. The van der Waals surface area contributed by atoms with E-state index in [0.717, 1.165) is 22.4 Å². The van der Waals surface area contributed by atoms with Crippen LogP contribution in [0.1, 0.15) is 36.4 Å². The normalized spacial score (nSPS) is 17.3. The number of aliphatic imine (C=N–C) groups is 1. The third-order valence-corrected chi connectivity index (χ3v) is 5.23. The Kier molecular flexibility index (Phi) is 5.47. The highest BCUT2D eigenvalue weighted by molar-refractivity contribution is 5.80. The van der Waals surface area contributed by atoms with Crippen LogP contribution in [0.2, 0.25) is 0 Å². The molecule has 0 saturated carbocycles. The van der Waals surface area contributed by atoms with Crippen LogP contribution in [0.25, 0.3) is 11.0 Å². The lowest BCUT2D eigenvalue weighted by Crippen LogP contribution is -2.32. The number of nitrogens with one attached hydrogen (secondary N) is 1. The second kappa shape index (κ2) is 8.36. The van der Waals surface area contributed by atoms with E-state index in [9.17, 15) is 4.79 Å². The van der Waals surface area contributed by atoms with Crippen molar-refractivity contribution in [2.45, 2.75) is 25.3 Å². The number of amidine groups is 1. The number of methoxy groups -OCH3 is 2. The fraction of sp³-hybridized carbons (Fsp3) is 0.273. The molecule has 0 spiro atoms. The maximum atomic E-state index is 12.3. The number of carbonyl (C=O) groups excluding carboxylic acids is 1. The number of ether oxygens (including phenoxy) is 2. The van der Waals surface area contributed by atoms with Crippen LogP contribution in [0.3, 0.4) is 0 Å². The molecule has 0 amide bonds. The molecule has 8 nitrogen and oxygen atoms in total. The molecule has 2 atom stereocenters. The predicted molar refractivity (Wildman–Crippen MR) is 111 cm³/mol. The zero-order chi connectivity index (χ0) is 21.1. The van der Waals surface area contributed by atoms with Crippen LogP contribution in [0.4, 0.5) is 0 Å². The summed E-state index contributed by atoms with van der Waals surface area (Å²) in [6.07, 6.45) is 0.191. The lowest BCUT2D eigenvalue weighted by Gasteiger charge is -2.31. The first-order valence-electron chi connectivity index (χ1n) is 9.54. The Labute approximate surface area is 173 Å². The predicted octanol–water partition coefficient (Wildman–Crippen LogP) is 3.49. The summed E-state index contributed by atoms with van der Waals surface area (Å²) >= 11 is 0. The molecule has 0 aliphatic carbocycles. The van der Waals surface area contributed by atoms with Gasteiger partial charge in [0.05, 0.1) is 20.6 Å². The summed E-state index contributed by atoms with van der Waals surface area (Å²) in [5.74, 6) is -0.523. The number of carbonyl (C=O) groups is 1. The van der Waals surface area contributed by atoms with Gasteiger partial charge in [-0.15, -0.1) is 0 Å². The average Bonchev–Trinajstić information content (AvgIpc) is 3.25. The van der Waals surface area contributed by atoms with Crippen molar-refractivity contribution in [2.24, 2.45) is 4.99 Å². The first kappa shape index (κ1) is 19.6. The summed E-state index contributed by atoms with van der Waals surface area (Å²) in [5.41, 5.74) is 5.05. The molecular formula is C22H22N4O4. The van der Waals surface area contributed by atoms with Crippen LogP contribution < -0.4 is 5.32 Å². The molecule has 30 heavy (non-hydrogen) atoms. The minimum absolute atomic E-state index is 0.191. The second-order valence-electron chi connectivity index (χ2n) is 7.00. The number of rotatable bonds is 5. The van der Waals surface area contributed by atoms with E-state index in [1.54, 1.807) is 7.11 Å². The highest BCUT2D eigenvalue weighted by Gasteiger charge is 2.33. The van der Waals surface area contributed by atoms with E-state index >= 15 is 0 Å². The Bertz CT molecular complexity index is 1120. The van der Waals surface area contributed by atoms with Gasteiger partial charge in [0.15, 0.2) is 0 Å². The lowest BCUT2D eigenvalue weighted by atomic mass is 9.80. The van der Waals surface area contributed by atoms with Crippen LogP contribution in [-0.4, -0.2) is 36.5 Å². The molecular weight excluding hydrogens is 384 g/mol. The van der Waals surface area contributed by atoms with Gasteiger partial charge in [-0.3, -0.25) is 4.79 Å². The first-order valence-corrected chi connectivity index (χ1v) is 9.54. The van der Waals surface area contributed by atoms with Crippen molar-refractivity contribution in [2.75, 3.05) is 14.2 Å². The Hall–Kier alpha value is -3.68. The van der Waals surface area contributed by atoms with E-state index in [-0.39, 0.29) is 24.3 Å². The summed E-state index contributed by atoms with van der Waals surface area (Å²) in [7, 11) is 2.96. The Morgan fingerprint density at radius 1 is 1.13 bits per heavy atom. The van der Waals surface area contributed by atoms with Gasteiger partial charge in [-0.05, 0) is 46.1 Å². The maximum Gasteiger partial charge on any atom is 0.306 e. The lowest BCUT2D eigenvalue weighted by molar-refractivity contribution is -0.140. The van der Waals surface area contributed by atoms with Gasteiger partial charge in [0, 0.05) is 11.6 Å². The van der Waals surface area contributed by atoms with E-state index in [1.807, 2.05) is 55.5 Å². The smallest absolute Gasteiger partial charge is 0.306 e. The average molecular weight is 406 g/mol. The second-order valence-corrected chi connectivity index (χ2v) is 7.00. The Morgan fingerprint density at radius 3 is 2.63 bits per heavy atom. The van der Waals surface area contributed by atoms with E-state index in [0.29, 0.717) is 17.1 Å². The van der Waals surface area contributed by atoms with Crippen molar-refractivity contribution >= 4 is 23.0 Å². The largest absolute Gasteiger partial charge is 0.469 e. The third-order valence-electron chi connectivity index (χ3n) is 5.23. The summed E-state index contributed by atoms with van der Waals surface area (Å²) in [6, 6.07) is 15.6. The van der Waals surface area contributed by atoms with Crippen molar-refractivity contribution in [1.82, 2.24) is 15.6 Å². The highest BCUT2D eigenvalue weighted by Crippen LogP contribution is 2.42. The van der Waals surface area contributed by atoms with Gasteiger partial charge >= 0.3 is 5.97 Å². The maximum absolute atomic E-state index is 12.3.